The van der Waals surface area contributed by atoms with Crippen molar-refractivity contribution in [3.05, 3.63) is 48.5 Å². The van der Waals surface area contributed by atoms with Crippen LogP contribution in [0.4, 0.5) is 0 Å². The van der Waals surface area contributed by atoms with Crippen molar-refractivity contribution in [2.75, 3.05) is 21.3 Å². The number of nitrogens with zero attached hydrogens (tertiary/aromatic N) is 4. The van der Waals surface area contributed by atoms with Crippen LogP contribution < -0.4 is 10.1 Å². The van der Waals surface area contributed by atoms with Crippen molar-refractivity contribution in [3.63, 3.8) is 0 Å². The van der Waals surface area contributed by atoms with Gasteiger partial charge in [0.05, 0.1) is 25.6 Å². The van der Waals surface area contributed by atoms with Crippen molar-refractivity contribution in [2.24, 2.45) is 0 Å². The zero-order valence-corrected chi connectivity index (χ0v) is 16.4. The van der Waals surface area contributed by atoms with Crippen LogP contribution in [0.25, 0.3) is 17.1 Å². The van der Waals surface area contributed by atoms with E-state index in [2.05, 4.69) is 15.4 Å². The quantitative estimate of drug-likeness (QED) is 0.614. The molecule has 2 aromatic heterocycles. The van der Waals surface area contributed by atoms with Crippen LogP contribution in [0.1, 0.15) is 18.4 Å². The second-order valence-electron chi connectivity index (χ2n) is 6.32. The first-order chi connectivity index (χ1) is 13.7. The number of aromatic nitrogens is 4. The highest BCUT2D eigenvalue weighted by Gasteiger charge is 2.12. The maximum Gasteiger partial charge on any atom is 0.219 e. The van der Waals surface area contributed by atoms with Gasteiger partial charge in [-0.3, -0.25) is 14.0 Å². The summed E-state index contributed by atoms with van der Waals surface area (Å²) in [5, 5.41) is 7.03. The molecule has 1 N–H and O–H groups in total. The first-order valence-corrected chi connectivity index (χ1v) is 9.09. The third kappa shape index (κ3) is 4.40. The zero-order chi connectivity index (χ0) is 19.9. The van der Waals surface area contributed by atoms with Gasteiger partial charge in [0.15, 0.2) is 0 Å². The highest BCUT2D eigenvalue weighted by molar-refractivity contribution is 5.75. The molecule has 0 unspecified atom stereocenters. The van der Waals surface area contributed by atoms with Gasteiger partial charge in [0.25, 0.3) is 0 Å². The monoisotopic (exact) mass is 383 g/mol. The maximum atomic E-state index is 11.3. The van der Waals surface area contributed by atoms with Crippen LogP contribution in [-0.2, 0) is 22.7 Å². The normalized spacial score (nSPS) is 10.8. The van der Waals surface area contributed by atoms with Crippen molar-refractivity contribution in [2.45, 2.75) is 26.0 Å². The predicted molar refractivity (Wildman–Crippen MR) is 105 cm³/mol. The molecule has 8 heteroatoms. The number of nitrogens with one attached hydrogen (secondary N) is 1. The Morgan fingerprint density at radius 3 is 2.89 bits per heavy atom. The highest BCUT2D eigenvalue weighted by atomic mass is 16.5. The van der Waals surface area contributed by atoms with Crippen LogP contribution in [0.5, 0.6) is 5.75 Å². The summed E-state index contributed by atoms with van der Waals surface area (Å²) in [6, 6.07) is 5.92. The van der Waals surface area contributed by atoms with Crippen molar-refractivity contribution < 1.29 is 14.3 Å². The van der Waals surface area contributed by atoms with Gasteiger partial charge in [0, 0.05) is 56.8 Å². The smallest absolute Gasteiger partial charge is 0.219 e. The number of imidazole rings is 1. The van der Waals surface area contributed by atoms with E-state index in [1.807, 2.05) is 39.8 Å². The summed E-state index contributed by atoms with van der Waals surface area (Å²) in [7, 11) is 4.95. The lowest BCUT2D eigenvalue weighted by Gasteiger charge is -2.11. The Bertz CT molecular complexity index is 932. The Morgan fingerprint density at radius 2 is 2.14 bits per heavy atom. The molecule has 1 amide bonds. The summed E-state index contributed by atoms with van der Waals surface area (Å²) in [6.45, 7) is 1.14. The number of amides is 1. The Balaban J connectivity index is 1.81. The standard InChI is InChI=1S/C20H25N5O3/c1-21-19(26)5-4-9-24-13-17(12-23-24)25-10-8-22-20(25)15-6-7-18(28-3)16(11-15)14-27-2/h6-8,10-13H,4-5,9,14H2,1-3H3,(H,21,26). The van der Waals surface area contributed by atoms with Crippen LogP contribution >= 0.6 is 0 Å². The molecular weight excluding hydrogens is 358 g/mol. The van der Waals surface area contributed by atoms with Crippen molar-refractivity contribution >= 4 is 5.91 Å². The molecule has 0 saturated heterocycles. The van der Waals surface area contributed by atoms with Crippen LogP contribution in [-0.4, -0.2) is 46.5 Å². The number of rotatable bonds is 9. The predicted octanol–water partition coefficient (Wildman–Crippen LogP) is 2.42. The van der Waals surface area contributed by atoms with Crippen LogP contribution in [0, 0.1) is 0 Å². The molecule has 0 saturated carbocycles. The fraction of sp³-hybridized carbons (Fsp3) is 0.350. The molecule has 8 nitrogen and oxygen atoms in total. The lowest BCUT2D eigenvalue weighted by Crippen LogP contribution is -2.17. The molecule has 0 fully saturated rings. The molecule has 1 aromatic carbocycles. The molecule has 3 aromatic rings. The third-order valence-electron chi connectivity index (χ3n) is 4.45. The molecular formula is C20H25N5O3. The minimum atomic E-state index is 0.0376. The molecule has 0 radical (unpaired) electrons. The first-order valence-electron chi connectivity index (χ1n) is 9.09. The molecule has 0 atom stereocenters. The number of aryl methyl sites for hydroxylation is 1. The van der Waals surface area contributed by atoms with Gasteiger partial charge in [-0.25, -0.2) is 4.98 Å². The van der Waals surface area contributed by atoms with Gasteiger partial charge < -0.3 is 14.8 Å². The summed E-state index contributed by atoms with van der Waals surface area (Å²) in [5.41, 5.74) is 2.84. The van der Waals surface area contributed by atoms with Gasteiger partial charge in [-0.1, -0.05) is 0 Å². The van der Waals surface area contributed by atoms with Gasteiger partial charge in [0.1, 0.15) is 11.6 Å². The van der Waals surface area contributed by atoms with Crippen LogP contribution in [0.3, 0.4) is 0 Å². The number of carbonyl (C=O) groups excluding carboxylic acids is 1. The van der Waals surface area contributed by atoms with Gasteiger partial charge in [-0.15, -0.1) is 0 Å². The molecule has 148 valence electrons. The van der Waals surface area contributed by atoms with E-state index in [1.165, 1.54) is 0 Å². The van der Waals surface area contributed by atoms with E-state index in [0.29, 0.717) is 19.6 Å². The van der Waals surface area contributed by atoms with Crippen LogP contribution in [0.2, 0.25) is 0 Å². The van der Waals surface area contributed by atoms with Gasteiger partial charge in [-0.2, -0.15) is 5.10 Å². The zero-order valence-electron chi connectivity index (χ0n) is 16.4. The lowest BCUT2D eigenvalue weighted by atomic mass is 10.1. The van der Waals surface area contributed by atoms with Crippen molar-refractivity contribution in [1.29, 1.82) is 0 Å². The summed E-state index contributed by atoms with van der Waals surface area (Å²) in [5.74, 6) is 1.63. The number of benzene rings is 1. The van der Waals surface area contributed by atoms with E-state index in [4.69, 9.17) is 9.47 Å². The van der Waals surface area contributed by atoms with E-state index < -0.39 is 0 Å². The summed E-state index contributed by atoms with van der Waals surface area (Å²) < 4.78 is 14.5. The van der Waals surface area contributed by atoms with E-state index in [0.717, 1.165) is 34.8 Å². The Hall–Kier alpha value is -3.13. The number of hydrogen-bond acceptors (Lipinski definition) is 5. The second kappa shape index (κ2) is 9.18. The molecule has 3 rings (SSSR count). The van der Waals surface area contributed by atoms with E-state index >= 15 is 0 Å². The van der Waals surface area contributed by atoms with Crippen molar-refractivity contribution in [1.82, 2.24) is 24.6 Å². The average molecular weight is 383 g/mol. The van der Waals surface area contributed by atoms with Gasteiger partial charge in [-0.05, 0) is 24.6 Å². The highest BCUT2D eigenvalue weighted by Crippen LogP contribution is 2.27. The average Bonchev–Trinajstić information content (AvgIpc) is 3.37. The van der Waals surface area contributed by atoms with Crippen molar-refractivity contribution in [3.8, 4) is 22.8 Å². The molecule has 0 aliphatic rings. The largest absolute Gasteiger partial charge is 0.496 e. The molecule has 0 bridgehead atoms. The van der Waals surface area contributed by atoms with Gasteiger partial charge >= 0.3 is 0 Å². The minimum Gasteiger partial charge on any atom is -0.496 e. The number of hydrogen-bond donors (Lipinski definition) is 1. The number of methoxy groups -OCH3 is 2. The molecule has 0 aliphatic carbocycles. The Morgan fingerprint density at radius 1 is 1.29 bits per heavy atom. The van der Waals surface area contributed by atoms with Gasteiger partial charge in [0.2, 0.25) is 5.91 Å². The third-order valence-corrected chi connectivity index (χ3v) is 4.45. The molecule has 28 heavy (non-hydrogen) atoms. The summed E-state index contributed by atoms with van der Waals surface area (Å²) in [6.07, 6.45) is 8.63. The summed E-state index contributed by atoms with van der Waals surface area (Å²) >= 11 is 0. The fourth-order valence-corrected chi connectivity index (χ4v) is 3.04. The minimum absolute atomic E-state index is 0.0376. The van der Waals surface area contributed by atoms with E-state index in [-0.39, 0.29) is 5.91 Å². The molecule has 2 heterocycles. The molecule has 0 spiro atoms. The Labute approximate surface area is 164 Å². The maximum absolute atomic E-state index is 11.3. The fourth-order valence-electron chi connectivity index (χ4n) is 3.04. The SMILES string of the molecule is CNC(=O)CCCn1cc(-n2ccnc2-c2ccc(OC)c(COC)c2)cn1. The topological polar surface area (TPSA) is 83.2 Å². The second-order valence-corrected chi connectivity index (χ2v) is 6.32. The Kier molecular flexibility index (Phi) is 6.44. The van der Waals surface area contributed by atoms with E-state index in [1.54, 1.807) is 33.7 Å². The lowest BCUT2D eigenvalue weighted by molar-refractivity contribution is -0.120. The number of carbonyl (C=O) groups is 1. The summed E-state index contributed by atoms with van der Waals surface area (Å²) in [4.78, 5) is 15.9. The molecule has 0 aliphatic heterocycles. The van der Waals surface area contributed by atoms with Crippen LogP contribution in [0.15, 0.2) is 43.0 Å². The number of ether oxygens (including phenoxy) is 2. The first kappa shape index (κ1) is 19.6. The van der Waals surface area contributed by atoms with E-state index in [9.17, 15) is 4.79 Å².